The molecule has 3 aromatic rings. The van der Waals surface area contributed by atoms with Gasteiger partial charge in [0.2, 0.25) is 17.7 Å². The van der Waals surface area contributed by atoms with Crippen molar-refractivity contribution in [3.8, 4) is 0 Å². The van der Waals surface area contributed by atoms with E-state index < -0.39 is 42.8 Å². The number of nitrogens with one attached hydrogen (secondary N) is 3. The van der Waals surface area contributed by atoms with E-state index in [0.29, 0.717) is 5.69 Å². The minimum Gasteiger partial charge on any atom is -0.478 e. The second kappa shape index (κ2) is 12.2. The molecule has 0 bridgehead atoms. The Hall–Kier alpha value is -5.10. The van der Waals surface area contributed by atoms with Crippen LogP contribution in [0, 0.1) is 10.9 Å². The lowest BCUT2D eigenvalue weighted by Gasteiger charge is -2.38. The molecular weight excluding hydrogens is 538 g/mol. The number of aromatic carboxylic acids is 1. The SMILES string of the molecule is N=CN(N=N)c1ccc(Cl)cc1N1CC(=O)N(C(Cc2ccccc2)C(=O)Nc2ccc(C(=O)O)cc2)CC1=O. The number of anilines is 3. The summed E-state index contributed by atoms with van der Waals surface area (Å²) in [5.74, 6) is -2.67. The molecule has 1 unspecified atom stereocenters. The van der Waals surface area contributed by atoms with Crippen molar-refractivity contribution in [2.24, 2.45) is 5.22 Å². The first-order chi connectivity index (χ1) is 19.2. The summed E-state index contributed by atoms with van der Waals surface area (Å²) in [5.41, 5.74) is 8.87. The average Bonchev–Trinajstić information content (AvgIpc) is 2.95. The first-order valence-electron chi connectivity index (χ1n) is 12.0. The number of amides is 3. The van der Waals surface area contributed by atoms with E-state index in [-0.39, 0.29) is 28.4 Å². The number of carbonyl (C=O) groups is 4. The third-order valence-corrected chi connectivity index (χ3v) is 6.51. The standard InChI is InChI=1S/C27H24ClN7O5/c28-19-8-11-21(35(16-29)32-30)22(13-19)33-14-25(37)34(15-24(33)36)23(12-17-4-2-1-3-5-17)26(38)31-20-9-6-18(7-10-20)27(39)40/h1-11,13,16,23,29-30H,12,14-15H2,(H,31,38)(H,39,40). The van der Waals surface area contributed by atoms with Crippen LogP contribution >= 0.6 is 11.6 Å². The maximum Gasteiger partial charge on any atom is 0.335 e. The zero-order valence-corrected chi connectivity index (χ0v) is 21.7. The quantitative estimate of drug-likeness (QED) is 0.127. The van der Waals surface area contributed by atoms with Crippen LogP contribution < -0.4 is 15.2 Å². The number of benzene rings is 3. The number of carboxylic acids is 1. The minimum absolute atomic E-state index is 0.0518. The molecule has 1 aliphatic heterocycles. The van der Waals surface area contributed by atoms with Crippen molar-refractivity contribution in [2.45, 2.75) is 12.5 Å². The van der Waals surface area contributed by atoms with E-state index in [1.54, 1.807) is 24.3 Å². The summed E-state index contributed by atoms with van der Waals surface area (Å²) in [6.07, 6.45) is 0.909. The molecule has 3 amide bonds. The van der Waals surface area contributed by atoms with Crippen molar-refractivity contribution in [3.63, 3.8) is 0 Å². The Labute approximate surface area is 233 Å². The lowest BCUT2D eigenvalue weighted by Crippen LogP contribution is -2.60. The van der Waals surface area contributed by atoms with Gasteiger partial charge in [0, 0.05) is 17.1 Å². The van der Waals surface area contributed by atoms with Gasteiger partial charge >= 0.3 is 5.97 Å². The molecule has 1 heterocycles. The van der Waals surface area contributed by atoms with Crippen LogP contribution in [0.2, 0.25) is 5.02 Å². The summed E-state index contributed by atoms with van der Waals surface area (Å²) < 4.78 is 0. The normalized spacial score (nSPS) is 13.9. The third-order valence-electron chi connectivity index (χ3n) is 6.28. The molecule has 4 rings (SSSR count). The van der Waals surface area contributed by atoms with Crippen LogP contribution in [0.4, 0.5) is 17.1 Å². The number of hydrogen-bond acceptors (Lipinski definition) is 7. The maximum atomic E-state index is 13.5. The number of nitrogens with zero attached hydrogens (tertiary/aromatic N) is 4. The van der Waals surface area contributed by atoms with Gasteiger partial charge in [-0.3, -0.25) is 24.7 Å². The number of carbonyl (C=O) groups excluding carboxylic acids is 3. The molecule has 4 N–H and O–H groups in total. The second-order valence-electron chi connectivity index (χ2n) is 8.79. The summed E-state index contributed by atoms with van der Waals surface area (Å²) in [4.78, 5) is 53.9. The molecule has 1 atom stereocenters. The van der Waals surface area contributed by atoms with Gasteiger partial charge in [0.15, 0.2) is 0 Å². The van der Waals surface area contributed by atoms with Gasteiger partial charge in [-0.15, -0.1) is 0 Å². The lowest BCUT2D eigenvalue weighted by atomic mass is 10.0. The van der Waals surface area contributed by atoms with Gasteiger partial charge in [-0.25, -0.2) is 9.80 Å². The number of halogens is 1. The highest BCUT2D eigenvalue weighted by Gasteiger charge is 2.39. The van der Waals surface area contributed by atoms with Gasteiger partial charge in [0.05, 0.1) is 16.9 Å². The second-order valence-corrected chi connectivity index (χ2v) is 9.22. The van der Waals surface area contributed by atoms with E-state index >= 15 is 0 Å². The van der Waals surface area contributed by atoms with E-state index in [1.165, 1.54) is 52.3 Å². The monoisotopic (exact) mass is 561 g/mol. The Kier molecular flexibility index (Phi) is 8.50. The topological polar surface area (TPSA) is 170 Å². The van der Waals surface area contributed by atoms with E-state index in [4.69, 9.17) is 27.6 Å². The highest BCUT2D eigenvalue weighted by atomic mass is 35.5. The van der Waals surface area contributed by atoms with Crippen LogP contribution in [0.5, 0.6) is 0 Å². The first-order valence-corrected chi connectivity index (χ1v) is 12.3. The fourth-order valence-electron chi connectivity index (χ4n) is 4.30. The van der Waals surface area contributed by atoms with Crippen LogP contribution in [0.25, 0.3) is 0 Å². The van der Waals surface area contributed by atoms with Gasteiger partial charge in [0.25, 0.3) is 0 Å². The molecule has 13 heteroatoms. The van der Waals surface area contributed by atoms with Crippen molar-refractivity contribution in [1.82, 2.24) is 4.90 Å². The highest BCUT2D eigenvalue weighted by Crippen LogP contribution is 2.34. The zero-order valence-electron chi connectivity index (χ0n) is 21.0. The van der Waals surface area contributed by atoms with E-state index in [2.05, 4.69) is 10.5 Å². The molecule has 0 saturated carbocycles. The zero-order chi connectivity index (χ0) is 28.8. The van der Waals surface area contributed by atoms with Gasteiger partial charge < -0.3 is 15.3 Å². The van der Waals surface area contributed by atoms with Crippen LogP contribution in [0.1, 0.15) is 15.9 Å². The van der Waals surface area contributed by atoms with Crippen LogP contribution in [-0.2, 0) is 20.8 Å². The smallest absolute Gasteiger partial charge is 0.335 e. The van der Waals surface area contributed by atoms with Crippen molar-refractivity contribution in [2.75, 3.05) is 28.3 Å². The van der Waals surface area contributed by atoms with Gasteiger partial charge in [-0.2, -0.15) is 5.53 Å². The number of hydrogen-bond donors (Lipinski definition) is 4. The molecule has 0 radical (unpaired) electrons. The van der Waals surface area contributed by atoms with Crippen LogP contribution in [-0.4, -0.2) is 59.2 Å². The fraction of sp³-hybridized carbons (Fsp3) is 0.148. The molecule has 40 heavy (non-hydrogen) atoms. The Bertz CT molecular complexity index is 1460. The number of carboxylic acid groups (broad SMARTS) is 1. The van der Waals surface area contributed by atoms with E-state index in [0.717, 1.165) is 16.9 Å². The highest BCUT2D eigenvalue weighted by molar-refractivity contribution is 6.31. The van der Waals surface area contributed by atoms with Crippen molar-refractivity contribution >= 4 is 58.7 Å². The van der Waals surface area contributed by atoms with E-state index in [9.17, 15) is 19.2 Å². The maximum absolute atomic E-state index is 13.5. The molecule has 1 fully saturated rings. The van der Waals surface area contributed by atoms with E-state index in [1.807, 2.05) is 6.07 Å². The van der Waals surface area contributed by atoms with Crippen molar-refractivity contribution in [3.05, 3.63) is 88.9 Å². The van der Waals surface area contributed by atoms with Crippen molar-refractivity contribution in [1.29, 1.82) is 10.9 Å². The predicted octanol–water partition coefficient (Wildman–Crippen LogP) is 3.82. The molecule has 1 aliphatic rings. The first kappa shape index (κ1) is 27.9. The molecule has 204 valence electrons. The third kappa shape index (κ3) is 6.13. The van der Waals surface area contributed by atoms with Gasteiger partial charge in [0.1, 0.15) is 25.5 Å². The molecular formula is C27H24ClN7O5. The summed E-state index contributed by atoms with van der Waals surface area (Å²) >= 11 is 6.15. The Morgan fingerprint density at radius 2 is 1.75 bits per heavy atom. The Morgan fingerprint density at radius 3 is 2.38 bits per heavy atom. The molecule has 3 aromatic carbocycles. The Morgan fingerprint density at radius 1 is 1.05 bits per heavy atom. The summed E-state index contributed by atoms with van der Waals surface area (Å²) in [7, 11) is 0. The minimum atomic E-state index is -1.11. The van der Waals surface area contributed by atoms with Crippen LogP contribution in [0.3, 0.4) is 0 Å². The van der Waals surface area contributed by atoms with Crippen molar-refractivity contribution < 1.29 is 24.3 Å². The molecule has 0 aliphatic carbocycles. The molecule has 0 spiro atoms. The largest absolute Gasteiger partial charge is 0.478 e. The fourth-order valence-corrected chi connectivity index (χ4v) is 4.47. The van der Waals surface area contributed by atoms with Gasteiger partial charge in [-0.1, -0.05) is 47.2 Å². The summed E-state index contributed by atoms with van der Waals surface area (Å²) in [6.45, 7) is -0.835. The number of rotatable bonds is 10. The average molecular weight is 562 g/mol. The number of piperazine rings is 1. The van der Waals surface area contributed by atoms with Crippen LogP contribution in [0.15, 0.2) is 78.0 Å². The predicted molar refractivity (Wildman–Crippen MR) is 148 cm³/mol. The lowest BCUT2D eigenvalue weighted by molar-refractivity contribution is -0.143. The van der Waals surface area contributed by atoms with Gasteiger partial charge in [-0.05, 0) is 48.0 Å². The summed E-state index contributed by atoms with van der Waals surface area (Å²) in [5, 5.41) is 23.8. The Balaban J connectivity index is 1.62. The summed E-state index contributed by atoms with van der Waals surface area (Å²) in [6, 6.07) is 18.0. The molecule has 12 nitrogen and oxygen atoms in total. The molecule has 1 saturated heterocycles. The molecule has 0 aromatic heterocycles.